The van der Waals surface area contributed by atoms with Crippen LogP contribution in [0.15, 0.2) is 11.2 Å². The van der Waals surface area contributed by atoms with Crippen molar-refractivity contribution in [1.29, 1.82) is 5.26 Å². The number of nitrogens with zero attached hydrogens (tertiary/aromatic N) is 3. The third-order valence-corrected chi connectivity index (χ3v) is 3.93. The van der Waals surface area contributed by atoms with Gasteiger partial charge in [-0.05, 0) is 13.8 Å². The first-order valence-electron chi connectivity index (χ1n) is 4.32. The van der Waals surface area contributed by atoms with Gasteiger partial charge in [0.2, 0.25) is 0 Å². The lowest BCUT2D eigenvalue weighted by Gasteiger charge is -2.17. The Morgan fingerprint density at radius 1 is 1.62 bits per heavy atom. The summed E-state index contributed by atoms with van der Waals surface area (Å²) in [5, 5.41) is 12.3. The molecule has 0 aromatic carbocycles. The van der Waals surface area contributed by atoms with Crippen molar-refractivity contribution in [1.82, 2.24) is 14.5 Å². The number of nitriles is 1. The predicted octanol–water partition coefficient (Wildman–Crippen LogP) is 0.654. The van der Waals surface area contributed by atoms with Gasteiger partial charge in [0.15, 0.2) is 5.03 Å². The van der Waals surface area contributed by atoms with Crippen molar-refractivity contribution in [2.45, 2.75) is 24.4 Å². The minimum absolute atomic E-state index is 0.0174. The molecule has 0 aliphatic rings. The Labute approximate surface area is 98.9 Å². The first kappa shape index (κ1) is 13.0. The second kappa shape index (κ2) is 4.05. The number of sulfonamides is 1. The molecule has 0 atom stereocenters. The SMILES string of the molecule is Cn1ncc(Cl)c1S(=O)(=O)NC(C)(C)C#N. The minimum Gasteiger partial charge on any atom is -0.255 e. The van der Waals surface area contributed by atoms with Crippen molar-refractivity contribution in [2.75, 3.05) is 0 Å². The zero-order valence-corrected chi connectivity index (χ0v) is 10.6. The summed E-state index contributed by atoms with van der Waals surface area (Å²) in [6.45, 7) is 2.91. The van der Waals surface area contributed by atoms with E-state index in [1.165, 1.54) is 27.1 Å². The molecule has 0 aliphatic carbocycles. The number of aryl methyl sites for hydroxylation is 1. The van der Waals surface area contributed by atoms with Gasteiger partial charge >= 0.3 is 0 Å². The average molecular weight is 263 g/mol. The molecule has 0 unspecified atom stereocenters. The molecule has 0 amide bonds. The Kier molecular flexibility index (Phi) is 3.28. The Morgan fingerprint density at radius 3 is 2.56 bits per heavy atom. The lowest BCUT2D eigenvalue weighted by molar-refractivity contribution is 0.524. The van der Waals surface area contributed by atoms with E-state index in [-0.39, 0.29) is 10.0 Å². The first-order valence-corrected chi connectivity index (χ1v) is 6.18. The molecule has 6 nitrogen and oxygen atoms in total. The van der Waals surface area contributed by atoms with Gasteiger partial charge in [-0.1, -0.05) is 11.6 Å². The Morgan fingerprint density at radius 2 is 2.19 bits per heavy atom. The average Bonchev–Trinajstić information content (AvgIpc) is 2.44. The number of hydrogen-bond acceptors (Lipinski definition) is 4. The largest absolute Gasteiger partial charge is 0.260 e. The van der Waals surface area contributed by atoms with Gasteiger partial charge in [0.1, 0.15) is 5.54 Å². The van der Waals surface area contributed by atoms with E-state index in [1.807, 2.05) is 6.07 Å². The van der Waals surface area contributed by atoms with Gasteiger partial charge in [-0.15, -0.1) is 0 Å². The van der Waals surface area contributed by atoms with E-state index in [9.17, 15) is 8.42 Å². The van der Waals surface area contributed by atoms with Gasteiger partial charge in [0.25, 0.3) is 10.0 Å². The molecular formula is C8H11ClN4O2S. The summed E-state index contributed by atoms with van der Waals surface area (Å²) in [6, 6.07) is 1.84. The van der Waals surface area contributed by atoms with Crippen molar-refractivity contribution in [3.63, 3.8) is 0 Å². The summed E-state index contributed by atoms with van der Waals surface area (Å²) in [5.41, 5.74) is -1.20. The van der Waals surface area contributed by atoms with Crippen LogP contribution < -0.4 is 4.72 Å². The summed E-state index contributed by atoms with van der Waals surface area (Å²) in [4.78, 5) is 0. The van der Waals surface area contributed by atoms with Crippen LogP contribution in [0.1, 0.15) is 13.8 Å². The standard InChI is InChI=1S/C8H11ClN4O2S/c1-8(2,5-10)12-16(14,15)7-6(9)4-11-13(7)3/h4,12H,1-3H3. The van der Waals surface area contributed by atoms with Crippen molar-refractivity contribution in [3.05, 3.63) is 11.2 Å². The van der Waals surface area contributed by atoms with Gasteiger partial charge in [-0.2, -0.15) is 15.1 Å². The second-order valence-corrected chi connectivity index (χ2v) is 5.77. The summed E-state index contributed by atoms with van der Waals surface area (Å²) in [6.07, 6.45) is 1.23. The van der Waals surface area contributed by atoms with E-state index in [2.05, 4.69) is 9.82 Å². The van der Waals surface area contributed by atoms with Crippen LogP contribution in [0.2, 0.25) is 5.02 Å². The highest BCUT2D eigenvalue weighted by molar-refractivity contribution is 7.89. The molecule has 0 bridgehead atoms. The lowest BCUT2D eigenvalue weighted by atomic mass is 10.1. The first-order chi connectivity index (χ1) is 7.19. The number of hydrogen-bond donors (Lipinski definition) is 1. The maximum atomic E-state index is 11.9. The molecule has 0 aliphatic heterocycles. The van der Waals surface area contributed by atoms with Crippen molar-refractivity contribution in [3.8, 4) is 6.07 Å². The highest BCUT2D eigenvalue weighted by Crippen LogP contribution is 2.20. The van der Waals surface area contributed by atoms with Crippen LogP contribution in [0.25, 0.3) is 0 Å². The van der Waals surface area contributed by atoms with Crippen LogP contribution in [0.3, 0.4) is 0 Å². The van der Waals surface area contributed by atoms with Crippen molar-refractivity contribution >= 4 is 21.6 Å². The van der Waals surface area contributed by atoms with Gasteiger partial charge in [-0.25, -0.2) is 8.42 Å². The Balaban J connectivity index is 3.20. The van der Waals surface area contributed by atoms with Crippen molar-refractivity contribution < 1.29 is 8.42 Å². The summed E-state index contributed by atoms with van der Waals surface area (Å²) in [5.74, 6) is 0. The third kappa shape index (κ3) is 2.52. The molecule has 1 N–H and O–H groups in total. The molecule has 1 aromatic heterocycles. The van der Waals surface area contributed by atoms with E-state index < -0.39 is 15.6 Å². The molecule has 88 valence electrons. The molecule has 1 heterocycles. The molecule has 8 heteroatoms. The van der Waals surface area contributed by atoms with Crippen LogP contribution in [0, 0.1) is 11.3 Å². The highest BCUT2D eigenvalue weighted by Gasteiger charge is 2.30. The van der Waals surface area contributed by atoms with E-state index in [4.69, 9.17) is 16.9 Å². The van der Waals surface area contributed by atoms with Gasteiger partial charge < -0.3 is 0 Å². The predicted molar refractivity (Wildman–Crippen MR) is 58.2 cm³/mol. The third-order valence-electron chi connectivity index (χ3n) is 1.77. The molecule has 1 rings (SSSR count). The topological polar surface area (TPSA) is 87.8 Å². The maximum Gasteiger partial charge on any atom is 0.260 e. The number of rotatable bonds is 3. The van der Waals surface area contributed by atoms with E-state index >= 15 is 0 Å². The monoisotopic (exact) mass is 262 g/mol. The smallest absolute Gasteiger partial charge is 0.255 e. The van der Waals surface area contributed by atoms with Crippen LogP contribution in [-0.4, -0.2) is 23.7 Å². The summed E-state index contributed by atoms with van der Waals surface area (Å²) < 4.78 is 27.2. The second-order valence-electron chi connectivity index (χ2n) is 3.76. The van der Waals surface area contributed by atoms with E-state index in [1.54, 1.807) is 0 Å². The zero-order valence-electron chi connectivity index (χ0n) is 9.02. The van der Waals surface area contributed by atoms with Crippen LogP contribution in [-0.2, 0) is 17.1 Å². The van der Waals surface area contributed by atoms with E-state index in [0.29, 0.717) is 0 Å². The zero-order chi connectivity index (χ0) is 12.6. The van der Waals surface area contributed by atoms with Gasteiger partial charge in [0.05, 0.1) is 17.3 Å². The number of halogens is 1. The van der Waals surface area contributed by atoms with Gasteiger partial charge in [0, 0.05) is 7.05 Å². The molecule has 0 saturated carbocycles. The molecule has 0 fully saturated rings. The molecule has 0 radical (unpaired) electrons. The quantitative estimate of drug-likeness (QED) is 0.866. The van der Waals surface area contributed by atoms with Crippen LogP contribution >= 0.6 is 11.6 Å². The normalized spacial score (nSPS) is 12.4. The summed E-state index contributed by atoms with van der Waals surface area (Å²) >= 11 is 5.72. The fourth-order valence-electron chi connectivity index (χ4n) is 1.11. The number of aromatic nitrogens is 2. The highest BCUT2D eigenvalue weighted by atomic mass is 35.5. The van der Waals surface area contributed by atoms with E-state index in [0.717, 1.165) is 4.68 Å². The molecular weight excluding hydrogens is 252 g/mol. The summed E-state index contributed by atoms with van der Waals surface area (Å²) in [7, 11) is -2.39. The van der Waals surface area contributed by atoms with Crippen LogP contribution in [0.4, 0.5) is 0 Å². The number of nitrogens with one attached hydrogen (secondary N) is 1. The van der Waals surface area contributed by atoms with Crippen molar-refractivity contribution in [2.24, 2.45) is 7.05 Å². The fourth-order valence-corrected chi connectivity index (χ4v) is 3.10. The Hall–Kier alpha value is -1.10. The minimum atomic E-state index is -3.85. The van der Waals surface area contributed by atoms with Gasteiger partial charge in [-0.3, -0.25) is 4.68 Å². The lowest BCUT2D eigenvalue weighted by Crippen LogP contribution is -2.42. The maximum absolute atomic E-state index is 11.9. The fraction of sp³-hybridized carbons (Fsp3) is 0.500. The molecule has 0 spiro atoms. The molecule has 16 heavy (non-hydrogen) atoms. The molecule has 0 saturated heterocycles. The van der Waals surface area contributed by atoms with Crippen LogP contribution in [0.5, 0.6) is 0 Å². The Bertz CT molecular complexity index is 521. The molecule has 1 aromatic rings.